The Morgan fingerprint density at radius 1 is 1.23 bits per heavy atom. The Hall–Kier alpha value is -0.610. The van der Waals surface area contributed by atoms with Gasteiger partial charge in [-0.3, -0.25) is 0 Å². The molecular formula is C9H20O4. The molecule has 0 spiro atoms. The minimum absolute atomic E-state index is 0.323. The molecule has 0 amide bonds. The Labute approximate surface area is 79.8 Å². The molecule has 0 aliphatic carbocycles. The Balaban J connectivity index is 0. The highest BCUT2D eigenvalue weighted by atomic mass is 16.5. The highest BCUT2D eigenvalue weighted by Gasteiger charge is 2.07. The van der Waals surface area contributed by atoms with Crippen molar-refractivity contribution in [2.24, 2.45) is 0 Å². The summed E-state index contributed by atoms with van der Waals surface area (Å²) in [6, 6.07) is 0. The van der Waals surface area contributed by atoms with Gasteiger partial charge in [0.05, 0.1) is 6.61 Å². The third-order valence-corrected chi connectivity index (χ3v) is 1.04. The number of carbonyl (C=O) groups is 1. The average Bonchev–Trinajstić information content (AvgIpc) is 2.07. The molecule has 0 aliphatic rings. The molecule has 0 bridgehead atoms. The van der Waals surface area contributed by atoms with Crippen LogP contribution in [0, 0.1) is 0 Å². The van der Waals surface area contributed by atoms with E-state index in [-0.39, 0.29) is 0 Å². The first-order valence-corrected chi connectivity index (χ1v) is 4.52. The van der Waals surface area contributed by atoms with E-state index >= 15 is 0 Å². The first kappa shape index (κ1) is 14.9. The lowest BCUT2D eigenvalue weighted by atomic mass is 10.4. The second kappa shape index (κ2) is 11.4. The average molecular weight is 192 g/mol. The molecule has 1 atom stereocenters. The monoisotopic (exact) mass is 192 g/mol. The van der Waals surface area contributed by atoms with Crippen LogP contribution in [0.2, 0.25) is 0 Å². The molecule has 0 aromatic carbocycles. The molecule has 13 heavy (non-hydrogen) atoms. The van der Waals surface area contributed by atoms with Crippen molar-refractivity contribution in [3.05, 3.63) is 0 Å². The van der Waals surface area contributed by atoms with Crippen LogP contribution < -0.4 is 0 Å². The second-order valence-corrected chi connectivity index (χ2v) is 2.21. The highest BCUT2D eigenvalue weighted by Crippen LogP contribution is 1.84. The fraction of sp³-hybridized carbons (Fsp3) is 0.889. The van der Waals surface area contributed by atoms with Gasteiger partial charge in [0.2, 0.25) is 0 Å². The smallest absolute Gasteiger partial charge is 0.334 e. The summed E-state index contributed by atoms with van der Waals surface area (Å²) >= 11 is 0. The lowest BCUT2D eigenvalue weighted by Crippen LogP contribution is -2.18. The van der Waals surface area contributed by atoms with Gasteiger partial charge in [0, 0.05) is 13.2 Å². The summed E-state index contributed by atoms with van der Waals surface area (Å²) in [5.41, 5.74) is 0. The lowest BCUT2D eigenvalue weighted by Gasteiger charge is -2.01. The number of rotatable bonds is 4. The number of carbonyl (C=O) groups excluding carboxylic acids is 1. The van der Waals surface area contributed by atoms with E-state index in [4.69, 9.17) is 9.84 Å². The molecule has 80 valence electrons. The van der Waals surface area contributed by atoms with Crippen molar-refractivity contribution in [2.45, 2.75) is 33.8 Å². The second-order valence-electron chi connectivity index (χ2n) is 2.21. The van der Waals surface area contributed by atoms with E-state index in [2.05, 4.69) is 4.74 Å². The van der Waals surface area contributed by atoms with Crippen LogP contribution >= 0.6 is 0 Å². The maximum absolute atomic E-state index is 10.3. The Morgan fingerprint density at radius 3 is 1.77 bits per heavy atom. The number of esters is 1. The van der Waals surface area contributed by atoms with E-state index in [1.165, 1.54) is 6.92 Å². The third-order valence-electron chi connectivity index (χ3n) is 1.04. The molecule has 1 unspecified atom stereocenters. The molecule has 0 aliphatic heterocycles. The first-order valence-electron chi connectivity index (χ1n) is 4.52. The van der Waals surface area contributed by atoms with Gasteiger partial charge < -0.3 is 14.6 Å². The molecule has 0 aromatic heterocycles. The van der Waals surface area contributed by atoms with Gasteiger partial charge in [0.25, 0.3) is 0 Å². The van der Waals surface area contributed by atoms with Crippen LogP contribution in [0.4, 0.5) is 0 Å². The Morgan fingerprint density at radius 2 is 1.69 bits per heavy atom. The summed E-state index contributed by atoms with van der Waals surface area (Å²) in [6.45, 7) is 9.06. The van der Waals surface area contributed by atoms with Crippen LogP contribution in [0.25, 0.3) is 0 Å². The largest absolute Gasteiger partial charge is 0.464 e. The predicted octanol–water partition coefficient (Wildman–Crippen LogP) is 0.973. The van der Waals surface area contributed by atoms with Crippen molar-refractivity contribution in [1.29, 1.82) is 0 Å². The zero-order chi connectivity index (χ0) is 10.7. The minimum Gasteiger partial charge on any atom is -0.464 e. The van der Waals surface area contributed by atoms with Crippen LogP contribution in [0.15, 0.2) is 0 Å². The topological polar surface area (TPSA) is 55.8 Å². The van der Waals surface area contributed by atoms with Gasteiger partial charge in [-0.15, -0.1) is 0 Å². The van der Waals surface area contributed by atoms with Crippen LogP contribution in [0.1, 0.15) is 27.7 Å². The van der Waals surface area contributed by atoms with Gasteiger partial charge in [-0.2, -0.15) is 0 Å². The molecule has 0 radical (unpaired) electrons. The first-order chi connectivity index (χ1) is 6.09. The molecule has 4 heteroatoms. The molecule has 0 rings (SSSR count). The standard InChI is InChI=1S/C5H10O3.C4H10O/c1-3-8-5(7)4(2)6;1-3-5-4-2/h4,6H,3H2,1-2H3;3-4H2,1-2H3. The van der Waals surface area contributed by atoms with Crippen molar-refractivity contribution >= 4 is 5.97 Å². The predicted molar refractivity (Wildman–Crippen MR) is 50.5 cm³/mol. The molecule has 0 aromatic rings. The van der Waals surface area contributed by atoms with Crippen molar-refractivity contribution in [1.82, 2.24) is 0 Å². The van der Waals surface area contributed by atoms with E-state index in [9.17, 15) is 4.79 Å². The molecule has 1 N–H and O–H groups in total. The third kappa shape index (κ3) is 14.3. The molecular weight excluding hydrogens is 172 g/mol. The molecule has 0 saturated carbocycles. The number of aliphatic hydroxyl groups is 1. The molecule has 4 nitrogen and oxygen atoms in total. The SMILES string of the molecule is CCOC(=O)C(C)O.CCOCC. The zero-order valence-corrected chi connectivity index (χ0v) is 8.87. The van der Waals surface area contributed by atoms with Crippen LogP contribution in [-0.2, 0) is 14.3 Å². The molecule has 0 saturated heterocycles. The van der Waals surface area contributed by atoms with Crippen LogP contribution in [0.3, 0.4) is 0 Å². The summed E-state index contributed by atoms with van der Waals surface area (Å²) in [5, 5.41) is 8.48. The van der Waals surface area contributed by atoms with E-state index < -0.39 is 12.1 Å². The van der Waals surface area contributed by atoms with E-state index in [1.54, 1.807) is 6.92 Å². The van der Waals surface area contributed by atoms with Gasteiger partial charge in [-0.05, 0) is 27.7 Å². The van der Waals surface area contributed by atoms with Crippen LogP contribution in [-0.4, -0.2) is 37.0 Å². The maximum Gasteiger partial charge on any atom is 0.334 e. The van der Waals surface area contributed by atoms with Crippen molar-refractivity contribution in [3.8, 4) is 0 Å². The lowest BCUT2D eigenvalue weighted by molar-refractivity contribution is -0.151. The van der Waals surface area contributed by atoms with Crippen molar-refractivity contribution in [3.63, 3.8) is 0 Å². The number of ether oxygens (including phenoxy) is 2. The summed E-state index contributed by atoms with van der Waals surface area (Å²) in [7, 11) is 0. The van der Waals surface area contributed by atoms with Gasteiger partial charge >= 0.3 is 5.97 Å². The van der Waals surface area contributed by atoms with Crippen LogP contribution in [0.5, 0.6) is 0 Å². The van der Waals surface area contributed by atoms with Gasteiger partial charge in [0.15, 0.2) is 0 Å². The number of aliphatic hydroxyl groups excluding tert-OH is 1. The van der Waals surface area contributed by atoms with Crippen molar-refractivity contribution < 1.29 is 19.4 Å². The number of hydrogen-bond donors (Lipinski definition) is 1. The fourth-order valence-electron chi connectivity index (χ4n) is 0.467. The van der Waals surface area contributed by atoms with Gasteiger partial charge in [-0.25, -0.2) is 4.79 Å². The van der Waals surface area contributed by atoms with Gasteiger partial charge in [-0.1, -0.05) is 0 Å². The van der Waals surface area contributed by atoms with Gasteiger partial charge in [0.1, 0.15) is 6.10 Å². The summed E-state index contributed by atoms with van der Waals surface area (Å²) in [4.78, 5) is 10.3. The normalized spacial score (nSPS) is 11.2. The Bertz CT molecular complexity index is 110. The molecule has 0 heterocycles. The highest BCUT2D eigenvalue weighted by molar-refractivity contribution is 5.73. The molecule has 0 fully saturated rings. The maximum atomic E-state index is 10.3. The van der Waals surface area contributed by atoms with Crippen molar-refractivity contribution in [2.75, 3.05) is 19.8 Å². The van der Waals surface area contributed by atoms with E-state index in [0.717, 1.165) is 13.2 Å². The summed E-state index contributed by atoms with van der Waals surface area (Å²) < 4.78 is 9.25. The minimum atomic E-state index is -0.991. The summed E-state index contributed by atoms with van der Waals surface area (Å²) in [6.07, 6.45) is -0.991. The summed E-state index contributed by atoms with van der Waals surface area (Å²) in [5.74, 6) is -0.562. The number of hydrogen-bond acceptors (Lipinski definition) is 4. The Kier molecular flexibility index (Phi) is 13.0. The zero-order valence-electron chi connectivity index (χ0n) is 8.87. The quantitative estimate of drug-likeness (QED) is 0.674. The van der Waals surface area contributed by atoms with E-state index in [0.29, 0.717) is 6.61 Å². The van der Waals surface area contributed by atoms with E-state index in [1.807, 2.05) is 13.8 Å². The fourth-order valence-corrected chi connectivity index (χ4v) is 0.467.